The van der Waals surface area contributed by atoms with Crippen LogP contribution in [0.2, 0.25) is 0 Å². The maximum atomic E-state index is 5.35. The van der Waals surface area contributed by atoms with Gasteiger partial charge in [-0.15, -0.1) is 0 Å². The van der Waals surface area contributed by atoms with Gasteiger partial charge < -0.3 is 4.74 Å². The molecule has 0 saturated heterocycles. The molecule has 32 heavy (non-hydrogen) atoms. The molecule has 0 bridgehead atoms. The monoisotopic (exact) mass is 501 g/mol. The number of hydrogen-bond acceptors (Lipinski definition) is 1. The predicted octanol–water partition coefficient (Wildman–Crippen LogP) is 3.40. The molecule has 0 saturated carbocycles. The van der Waals surface area contributed by atoms with Gasteiger partial charge in [-0.3, -0.25) is 0 Å². The molecule has 0 amide bonds. The van der Waals surface area contributed by atoms with E-state index in [0.29, 0.717) is 0 Å². The van der Waals surface area contributed by atoms with Crippen molar-refractivity contribution in [2.45, 2.75) is 55.4 Å². The Bertz CT molecular complexity index is 882. The summed E-state index contributed by atoms with van der Waals surface area (Å²) in [5, 5.41) is 0. The third-order valence-electron chi connectivity index (χ3n) is 5.07. The van der Waals surface area contributed by atoms with E-state index in [9.17, 15) is 0 Å². The van der Waals surface area contributed by atoms with Gasteiger partial charge in [-0.2, -0.15) is 0 Å². The summed E-state index contributed by atoms with van der Waals surface area (Å²) in [6.45, 7) is 19.0. The van der Waals surface area contributed by atoms with Crippen molar-refractivity contribution in [1.82, 2.24) is 0 Å². The molecule has 3 rings (SSSR count). The van der Waals surface area contributed by atoms with E-state index in [1.54, 1.807) is 0 Å². The van der Waals surface area contributed by atoms with Crippen LogP contribution in [-0.4, -0.2) is 28.1 Å². The van der Waals surface area contributed by atoms with Gasteiger partial charge in [-0.1, -0.05) is 0 Å². The fourth-order valence-electron chi connectivity index (χ4n) is 4.04. The average Bonchev–Trinajstić information content (AvgIpc) is 2.68. The zero-order valence-electron chi connectivity index (χ0n) is 21.4. The third kappa shape index (κ3) is 8.08. The maximum Gasteiger partial charge on any atom is 1.00 e. The van der Waals surface area contributed by atoms with Crippen LogP contribution in [0.5, 0.6) is 0 Å². The van der Waals surface area contributed by atoms with Crippen molar-refractivity contribution in [2.75, 3.05) is 13.2 Å². The molecule has 0 heterocycles. The summed E-state index contributed by atoms with van der Waals surface area (Å²) in [6, 6.07) is 19.7. The van der Waals surface area contributed by atoms with Crippen LogP contribution < -0.4 is 38.3 Å². The molecule has 0 aliphatic carbocycles. The van der Waals surface area contributed by atoms with E-state index in [-0.39, 0.29) is 29.6 Å². The first-order valence-electron chi connectivity index (χ1n) is 11.1. The molecule has 0 aliphatic heterocycles. The zero-order valence-corrected chi connectivity index (χ0v) is 25.3. The second-order valence-electron chi connectivity index (χ2n) is 8.02. The number of ether oxygens (including phenoxy) is 1. The Labute approximate surface area is 223 Å². The number of aryl methyl sites for hydroxylation is 6. The van der Waals surface area contributed by atoms with Gasteiger partial charge in [0, 0.05) is 13.2 Å². The standard InChI is InChI=1S/C24H27AsN.C4H10O.Na/c1-16-12-18(3)23(19(4)13-16)25(26-22-10-8-7-9-11-22)24-20(5)14-17(2)15-21(24)6;1-3-5-4-2;/h7-15H,1-6H3;3-4H2,1-2H3;/q-1;;+1. The molecule has 0 fully saturated rings. The van der Waals surface area contributed by atoms with Crippen molar-refractivity contribution in [3.63, 3.8) is 0 Å². The Morgan fingerprint density at radius 2 is 1.03 bits per heavy atom. The van der Waals surface area contributed by atoms with E-state index in [4.69, 9.17) is 8.97 Å². The first-order chi connectivity index (χ1) is 14.8. The molecule has 0 unspecified atom stereocenters. The molecular formula is C28H37AsNNaO. The smallest absolute Gasteiger partial charge is 1.00 e. The maximum absolute atomic E-state index is 5.35. The van der Waals surface area contributed by atoms with Gasteiger partial charge in [0.25, 0.3) is 0 Å². The van der Waals surface area contributed by atoms with Crippen LogP contribution in [0.4, 0.5) is 5.69 Å². The SMILES string of the molecule is CCOCC.Cc1cc(C)c([As]([N-]c2ccccc2)c2c(C)cc(C)cc2C)c(C)c1.[Na+]. The fraction of sp³-hybridized carbons (Fsp3) is 0.357. The van der Waals surface area contributed by atoms with Crippen molar-refractivity contribution in [2.24, 2.45) is 0 Å². The summed E-state index contributed by atoms with van der Waals surface area (Å²) in [4.78, 5) is 0. The van der Waals surface area contributed by atoms with Gasteiger partial charge in [0.2, 0.25) is 0 Å². The Morgan fingerprint density at radius 3 is 1.34 bits per heavy atom. The molecule has 4 heteroatoms. The second-order valence-corrected chi connectivity index (χ2v) is 11.6. The van der Waals surface area contributed by atoms with Gasteiger partial charge >= 0.3 is 193 Å². The molecule has 0 radical (unpaired) electrons. The van der Waals surface area contributed by atoms with Crippen molar-refractivity contribution >= 4 is 29.3 Å². The van der Waals surface area contributed by atoms with Gasteiger partial charge in [0.1, 0.15) is 0 Å². The summed E-state index contributed by atoms with van der Waals surface area (Å²) in [5.74, 6) is 0. The number of hydrogen-bond donors (Lipinski definition) is 0. The van der Waals surface area contributed by atoms with Crippen molar-refractivity contribution in [3.8, 4) is 0 Å². The third-order valence-corrected chi connectivity index (χ3v) is 10.7. The Kier molecular flexibility index (Phi) is 13.0. The molecule has 0 aliphatic rings. The van der Waals surface area contributed by atoms with Crippen LogP contribution in [0.25, 0.3) is 4.23 Å². The average molecular weight is 502 g/mol. The van der Waals surface area contributed by atoms with E-state index in [2.05, 4.69) is 96.1 Å². The van der Waals surface area contributed by atoms with Gasteiger partial charge in [0.15, 0.2) is 0 Å². The van der Waals surface area contributed by atoms with Crippen LogP contribution in [0, 0.1) is 41.5 Å². The van der Waals surface area contributed by atoms with Crippen LogP contribution >= 0.6 is 0 Å². The van der Waals surface area contributed by atoms with Crippen LogP contribution in [0.3, 0.4) is 0 Å². The minimum atomic E-state index is -1.84. The molecule has 2 nitrogen and oxygen atoms in total. The largest absolute Gasteiger partial charge is 1.00 e. The normalized spacial score (nSPS) is 10.3. The van der Waals surface area contributed by atoms with E-state index < -0.39 is 14.9 Å². The zero-order chi connectivity index (χ0) is 23.0. The molecular weight excluding hydrogens is 464 g/mol. The van der Waals surface area contributed by atoms with Crippen molar-refractivity contribution < 1.29 is 34.3 Å². The topological polar surface area (TPSA) is 23.3 Å². The van der Waals surface area contributed by atoms with E-state index in [1.807, 2.05) is 13.8 Å². The summed E-state index contributed by atoms with van der Waals surface area (Å²) < 4.78 is 13.1. The van der Waals surface area contributed by atoms with Crippen LogP contribution in [0.1, 0.15) is 47.2 Å². The first kappa shape index (κ1) is 29.0. The minimum Gasteiger partial charge on any atom is 1.00 e. The molecule has 166 valence electrons. The fourth-order valence-corrected chi connectivity index (χ4v) is 9.04. The molecule has 3 aromatic rings. The first-order valence-corrected chi connectivity index (χ1v) is 13.8. The number of nitrogens with zero attached hydrogens (tertiary/aromatic N) is 1. The van der Waals surface area contributed by atoms with Crippen molar-refractivity contribution in [1.29, 1.82) is 0 Å². The Hall–Kier alpha value is -1.02. The summed E-state index contributed by atoms with van der Waals surface area (Å²) >= 11 is -1.84. The van der Waals surface area contributed by atoms with Gasteiger partial charge in [-0.05, 0) is 13.8 Å². The van der Waals surface area contributed by atoms with Crippen LogP contribution in [0.15, 0.2) is 54.6 Å². The van der Waals surface area contributed by atoms with E-state index in [1.165, 1.54) is 42.1 Å². The van der Waals surface area contributed by atoms with E-state index in [0.717, 1.165) is 18.9 Å². The van der Waals surface area contributed by atoms with Crippen molar-refractivity contribution in [3.05, 3.63) is 92.2 Å². The summed E-state index contributed by atoms with van der Waals surface area (Å²) in [5.41, 5.74) is 9.25. The Balaban J connectivity index is 0.000000770. The predicted molar refractivity (Wildman–Crippen MR) is 138 cm³/mol. The molecule has 0 spiro atoms. The van der Waals surface area contributed by atoms with Gasteiger partial charge in [0.05, 0.1) is 0 Å². The molecule has 3 aromatic carbocycles. The number of benzene rings is 3. The minimum absolute atomic E-state index is 0. The Morgan fingerprint density at radius 1 is 0.656 bits per heavy atom. The van der Waals surface area contributed by atoms with E-state index >= 15 is 0 Å². The van der Waals surface area contributed by atoms with Gasteiger partial charge in [-0.25, -0.2) is 0 Å². The molecule has 0 N–H and O–H groups in total. The second kappa shape index (κ2) is 14.3. The quantitative estimate of drug-likeness (QED) is 0.475. The van der Waals surface area contributed by atoms with Crippen LogP contribution in [-0.2, 0) is 4.74 Å². The molecule has 0 aromatic heterocycles. The summed E-state index contributed by atoms with van der Waals surface area (Å²) in [6.07, 6.45) is 0. The summed E-state index contributed by atoms with van der Waals surface area (Å²) in [7, 11) is 0. The number of rotatable bonds is 6. The molecule has 0 atom stereocenters.